The predicted octanol–water partition coefficient (Wildman–Crippen LogP) is 4.12. The van der Waals surface area contributed by atoms with E-state index >= 15 is 0 Å². The number of imidazole rings is 1. The molecule has 4 heterocycles. The molecular weight excluding hydrogens is 464 g/mol. The number of nitrogens with zero attached hydrogens (tertiary/aromatic N) is 6. The minimum atomic E-state index is 0.345. The Labute approximate surface area is 207 Å². The third-order valence-corrected chi connectivity index (χ3v) is 6.75. The van der Waals surface area contributed by atoms with Crippen LogP contribution < -0.4 is 4.74 Å². The normalized spacial score (nSPS) is 17.5. The van der Waals surface area contributed by atoms with Crippen LogP contribution in [0.5, 0.6) is 5.88 Å². The summed E-state index contributed by atoms with van der Waals surface area (Å²) >= 11 is 6.33. The van der Waals surface area contributed by atoms with Crippen molar-refractivity contribution in [2.75, 3.05) is 13.7 Å². The maximum absolute atomic E-state index is 6.33. The SMILES string of the molecule is COCc1nnc2n1Cc1c(C#Cc3ccc(OCC4CC4C)nc3)ncn1-c1ccc(Cl)cc1-2. The van der Waals surface area contributed by atoms with Gasteiger partial charge in [-0.2, -0.15) is 0 Å². The third kappa shape index (κ3) is 4.18. The molecule has 9 heteroatoms. The summed E-state index contributed by atoms with van der Waals surface area (Å²) in [6.45, 7) is 3.82. The van der Waals surface area contributed by atoms with Gasteiger partial charge >= 0.3 is 0 Å². The number of ether oxygens (including phenoxy) is 2. The summed E-state index contributed by atoms with van der Waals surface area (Å²) < 4.78 is 15.2. The molecule has 6 rings (SSSR count). The van der Waals surface area contributed by atoms with Crippen LogP contribution in [0.1, 0.15) is 36.1 Å². The van der Waals surface area contributed by atoms with E-state index in [4.69, 9.17) is 21.1 Å². The van der Waals surface area contributed by atoms with Crippen LogP contribution in [0, 0.1) is 23.7 Å². The number of aromatic nitrogens is 6. The molecule has 2 unspecified atom stereocenters. The molecule has 1 saturated carbocycles. The lowest BCUT2D eigenvalue weighted by Crippen LogP contribution is -2.09. The highest BCUT2D eigenvalue weighted by atomic mass is 35.5. The second kappa shape index (κ2) is 8.84. The van der Waals surface area contributed by atoms with Gasteiger partial charge in [-0.1, -0.05) is 24.4 Å². The predicted molar refractivity (Wildman–Crippen MR) is 130 cm³/mol. The number of hydrogen-bond donors (Lipinski definition) is 0. The molecule has 2 aliphatic rings. The molecule has 0 bridgehead atoms. The van der Waals surface area contributed by atoms with Crippen LogP contribution in [0.25, 0.3) is 17.1 Å². The maximum atomic E-state index is 6.33. The Morgan fingerprint density at radius 1 is 1.14 bits per heavy atom. The van der Waals surface area contributed by atoms with E-state index in [-0.39, 0.29) is 0 Å². The molecular formula is C26H23ClN6O2. The van der Waals surface area contributed by atoms with Crippen molar-refractivity contribution in [3.63, 3.8) is 0 Å². The molecule has 0 radical (unpaired) electrons. The van der Waals surface area contributed by atoms with Crippen molar-refractivity contribution in [3.05, 3.63) is 70.7 Å². The Hall–Kier alpha value is -3.67. The topological polar surface area (TPSA) is 79.9 Å². The molecule has 1 aliphatic carbocycles. The second-order valence-corrected chi connectivity index (χ2v) is 9.39. The van der Waals surface area contributed by atoms with E-state index in [2.05, 4.69) is 38.9 Å². The van der Waals surface area contributed by atoms with Gasteiger partial charge in [-0.25, -0.2) is 9.97 Å². The Morgan fingerprint density at radius 2 is 2.03 bits per heavy atom. The van der Waals surface area contributed by atoms with Crippen LogP contribution in [0.2, 0.25) is 5.02 Å². The number of benzene rings is 1. The zero-order valence-electron chi connectivity index (χ0n) is 19.4. The van der Waals surface area contributed by atoms with Crippen molar-refractivity contribution in [3.8, 4) is 34.8 Å². The van der Waals surface area contributed by atoms with E-state index in [0.29, 0.717) is 35.7 Å². The fraction of sp³-hybridized carbons (Fsp3) is 0.308. The summed E-state index contributed by atoms with van der Waals surface area (Å²) in [5.41, 5.74) is 4.21. The van der Waals surface area contributed by atoms with Gasteiger partial charge in [0.1, 0.15) is 18.6 Å². The van der Waals surface area contributed by atoms with Crippen LogP contribution in [-0.2, 0) is 17.9 Å². The first-order chi connectivity index (χ1) is 17.1. The van der Waals surface area contributed by atoms with Crippen molar-refractivity contribution in [2.45, 2.75) is 26.5 Å². The second-order valence-electron chi connectivity index (χ2n) is 8.95. The molecule has 35 heavy (non-hydrogen) atoms. The van der Waals surface area contributed by atoms with Gasteiger partial charge in [-0.05, 0) is 48.4 Å². The first-order valence-electron chi connectivity index (χ1n) is 11.5. The number of pyridine rings is 1. The van der Waals surface area contributed by atoms with Gasteiger partial charge in [0.25, 0.3) is 0 Å². The van der Waals surface area contributed by atoms with Crippen molar-refractivity contribution >= 4 is 11.6 Å². The van der Waals surface area contributed by atoms with Gasteiger partial charge in [0.15, 0.2) is 11.6 Å². The molecule has 176 valence electrons. The average molecular weight is 487 g/mol. The molecule has 1 aliphatic heterocycles. The highest BCUT2D eigenvalue weighted by molar-refractivity contribution is 6.31. The van der Waals surface area contributed by atoms with Crippen molar-refractivity contribution < 1.29 is 9.47 Å². The summed E-state index contributed by atoms with van der Waals surface area (Å²) in [5.74, 6) is 9.92. The van der Waals surface area contributed by atoms with E-state index < -0.39 is 0 Å². The number of hydrogen-bond acceptors (Lipinski definition) is 6. The molecule has 0 N–H and O–H groups in total. The Kier molecular flexibility index (Phi) is 5.51. The van der Waals surface area contributed by atoms with Gasteiger partial charge in [0.05, 0.1) is 24.5 Å². The van der Waals surface area contributed by atoms with E-state index in [1.165, 1.54) is 6.42 Å². The van der Waals surface area contributed by atoms with E-state index in [9.17, 15) is 0 Å². The molecule has 3 aromatic heterocycles. The molecule has 2 atom stereocenters. The summed E-state index contributed by atoms with van der Waals surface area (Å²) in [6.07, 6.45) is 4.76. The number of halogens is 1. The summed E-state index contributed by atoms with van der Waals surface area (Å²) in [4.78, 5) is 9.02. The van der Waals surface area contributed by atoms with E-state index in [0.717, 1.165) is 46.7 Å². The fourth-order valence-electron chi connectivity index (χ4n) is 4.32. The minimum absolute atomic E-state index is 0.345. The van der Waals surface area contributed by atoms with Crippen LogP contribution in [-0.4, -0.2) is 43.0 Å². The Morgan fingerprint density at radius 3 is 2.80 bits per heavy atom. The van der Waals surface area contributed by atoms with Crippen molar-refractivity contribution in [1.29, 1.82) is 0 Å². The van der Waals surface area contributed by atoms with Crippen molar-refractivity contribution in [1.82, 2.24) is 29.3 Å². The van der Waals surface area contributed by atoms with Gasteiger partial charge in [-0.3, -0.25) is 4.57 Å². The van der Waals surface area contributed by atoms with Gasteiger partial charge in [0.2, 0.25) is 5.88 Å². The van der Waals surface area contributed by atoms with Crippen molar-refractivity contribution in [2.24, 2.45) is 11.8 Å². The van der Waals surface area contributed by atoms with Gasteiger partial charge in [-0.15, -0.1) is 10.2 Å². The van der Waals surface area contributed by atoms with Crippen LogP contribution in [0.3, 0.4) is 0 Å². The molecule has 0 amide bonds. The highest BCUT2D eigenvalue weighted by Gasteiger charge is 2.33. The van der Waals surface area contributed by atoms with Crippen LogP contribution in [0.15, 0.2) is 42.9 Å². The quantitative estimate of drug-likeness (QED) is 0.348. The summed E-state index contributed by atoms with van der Waals surface area (Å²) in [7, 11) is 1.64. The Balaban J connectivity index is 1.33. The monoisotopic (exact) mass is 486 g/mol. The minimum Gasteiger partial charge on any atom is -0.477 e. The smallest absolute Gasteiger partial charge is 0.213 e. The number of fused-ring (bicyclic) bond motifs is 5. The fourth-order valence-corrected chi connectivity index (χ4v) is 4.49. The highest BCUT2D eigenvalue weighted by Crippen LogP contribution is 2.37. The third-order valence-electron chi connectivity index (χ3n) is 6.52. The van der Waals surface area contributed by atoms with E-state index in [1.807, 2.05) is 39.5 Å². The largest absolute Gasteiger partial charge is 0.477 e. The van der Waals surface area contributed by atoms with Crippen LogP contribution >= 0.6 is 11.6 Å². The lowest BCUT2D eigenvalue weighted by Gasteiger charge is -2.08. The average Bonchev–Trinajstić information content (AvgIpc) is 3.27. The molecule has 0 saturated heterocycles. The Bertz CT molecular complexity index is 1460. The zero-order valence-corrected chi connectivity index (χ0v) is 20.2. The first kappa shape index (κ1) is 21.8. The molecule has 4 aromatic rings. The zero-order chi connectivity index (χ0) is 23.9. The van der Waals surface area contributed by atoms with E-state index in [1.54, 1.807) is 19.6 Å². The standard InChI is InChI=1S/C26H23ClN6O2/c1-16-9-18(16)13-35-25-8-4-17(11-28-25)3-6-21-23-12-32-24(14-34-2)30-31-26(32)20-10-19(27)5-7-22(20)33(23)15-29-21/h4-5,7-8,10-11,15-16,18H,9,12-14H2,1-2H3. The molecule has 1 aromatic carbocycles. The number of rotatable bonds is 5. The number of methoxy groups -OCH3 is 1. The van der Waals surface area contributed by atoms with Crippen LogP contribution in [0.4, 0.5) is 0 Å². The summed E-state index contributed by atoms with van der Waals surface area (Å²) in [6, 6.07) is 9.51. The molecule has 8 nitrogen and oxygen atoms in total. The summed E-state index contributed by atoms with van der Waals surface area (Å²) in [5, 5.41) is 9.40. The molecule has 0 spiro atoms. The maximum Gasteiger partial charge on any atom is 0.213 e. The first-order valence-corrected chi connectivity index (χ1v) is 11.9. The van der Waals surface area contributed by atoms with Gasteiger partial charge < -0.3 is 14.0 Å². The lowest BCUT2D eigenvalue weighted by molar-refractivity contribution is 0.174. The molecule has 1 fully saturated rings. The van der Waals surface area contributed by atoms with Gasteiger partial charge in [0, 0.05) is 35.5 Å². The lowest BCUT2D eigenvalue weighted by atomic mass is 10.1.